The van der Waals surface area contributed by atoms with Crippen LogP contribution in [0, 0.1) is 5.95 Å². The van der Waals surface area contributed by atoms with Crippen molar-refractivity contribution in [1.29, 1.82) is 0 Å². The smallest absolute Gasteiger partial charge is 0.213 e. The second kappa shape index (κ2) is 5.11. The SMILES string of the molecule is CC(C)(C)c1ccc(Sc2ccnc(F)c2)cc1. The zero-order valence-electron chi connectivity index (χ0n) is 10.8. The van der Waals surface area contributed by atoms with Crippen LogP contribution in [-0.4, -0.2) is 4.98 Å². The largest absolute Gasteiger partial charge is 0.228 e. The van der Waals surface area contributed by atoms with Gasteiger partial charge in [0.15, 0.2) is 0 Å². The molecule has 2 aromatic rings. The second-order valence-electron chi connectivity index (χ2n) is 5.19. The maximum atomic E-state index is 13.0. The number of rotatable bonds is 2. The van der Waals surface area contributed by atoms with Crippen LogP contribution in [0.1, 0.15) is 26.3 Å². The van der Waals surface area contributed by atoms with E-state index in [-0.39, 0.29) is 5.41 Å². The molecule has 0 fully saturated rings. The van der Waals surface area contributed by atoms with Gasteiger partial charge in [0.2, 0.25) is 5.95 Å². The standard InChI is InChI=1S/C15H16FNS/c1-15(2,3)11-4-6-12(7-5-11)18-13-8-9-17-14(16)10-13/h4-10H,1-3H3. The van der Waals surface area contributed by atoms with E-state index in [0.717, 1.165) is 9.79 Å². The summed E-state index contributed by atoms with van der Waals surface area (Å²) in [5.41, 5.74) is 1.46. The molecule has 0 aliphatic carbocycles. The zero-order chi connectivity index (χ0) is 13.2. The van der Waals surface area contributed by atoms with Crippen molar-refractivity contribution in [1.82, 2.24) is 4.98 Å². The van der Waals surface area contributed by atoms with Gasteiger partial charge in [-0.1, -0.05) is 44.7 Å². The summed E-state index contributed by atoms with van der Waals surface area (Å²) in [7, 11) is 0. The number of pyridine rings is 1. The zero-order valence-corrected chi connectivity index (χ0v) is 11.6. The fourth-order valence-corrected chi connectivity index (χ4v) is 2.44. The van der Waals surface area contributed by atoms with Crippen LogP contribution in [0.25, 0.3) is 0 Å². The van der Waals surface area contributed by atoms with E-state index in [4.69, 9.17) is 0 Å². The molecule has 0 bridgehead atoms. The number of aromatic nitrogens is 1. The van der Waals surface area contributed by atoms with Crippen LogP contribution in [0.5, 0.6) is 0 Å². The molecule has 0 saturated carbocycles. The van der Waals surface area contributed by atoms with Crippen LogP contribution in [0.2, 0.25) is 0 Å². The monoisotopic (exact) mass is 261 g/mol. The number of hydrogen-bond acceptors (Lipinski definition) is 2. The normalized spacial score (nSPS) is 11.6. The highest BCUT2D eigenvalue weighted by Gasteiger charge is 2.12. The molecule has 0 saturated heterocycles. The lowest BCUT2D eigenvalue weighted by Gasteiger charge is -2.19. The first-order chi connectivity index (χ1) is 8.45. The van der Waals surface area contributed by atoms with Crippen LogP contribution in [-0.2, 0) is 5.41 Å². The highest BCUT2D eigenvalue weighted by molar-refractivity contribution is 7.99. The fourth-order valence-electron chi connectivity index (χ4n) is 1.61. The summed E-state index contributed by atoms with van der Waals surface area (Å²) in [5.74, 6) is -0.439. The quantitative estimate of drug-likeness (QED) is 0.729. The first kappa shape index (κ1) is 13.1. The molecule has 2 rings (SSSR count). The van der Waals surface area contributed by atoms with Gasteiger partial charge in [-0.25, -0.2) is 4.98 Å². The minimum Gasteiger partial charge on any atom is -0.228 e. The first-order valence-corrected chi connectivity index (χ1v) is 6.67. The minimum absolute atomic E-state index is 0.159. The minimum atomic E-state index is -0.439. The molecule has 0 amide bonds. The summed E-state index contributed by atoms with van der Waals surface area (Å²) in [6.07, 6.45) is 1.49. The molecule has 1 aromatic heterocycles. The third kappa shape index (κ3) is 3.33. The Morgan fingerprint density at radius 3 is 2.22 bits per heavy atom. The van der Waals surface area contributed by atoms with Gasteiger partial charge in [-0.05, 0) is 29.2 Å². The van der Waals surface area contributed by atoms with Gasteiger partial charge in [0.25, 0.3) is 0 Å². The van der Waals surface area contributed by atoms with Crippen LogP contribution in [0.4, 0.5) is 4.39 Å². The second-order valence-corrected chi connectivity index (χ2v) is 6.34. The topological polar surface area (TPSA) is 12.9 Å². The van der Waals surface area contributed by atoms with Crippen molar-refractivity contribution < 1.29 is 4.39 Å². The molecule has 94 valence electrons. The summed E-state index contributed by atoms with van der Waals surface area (Å²) >= 11 is 1.54. The number of nitrogens with zero attached hydrogens (tertiary/aromatic N) is 1. The molecule has 0 spiro atoms. The predicted octanol–water partition coefficient (Wildman–Crippen LogP) is 4.67. The van der Waals surface area contributed by atoms with Crippen LogP contribution in [0.3, 0.4) is 0 Å². The Morgan fingerprint density at radius 1 is 1.00 bits per heavy atom. The molecule has 0 unspecified atom stereocenters. The lowest BCUT2D eigenvalue weighted by molar-refractivity contribution is 0.579. The number of benzene rings is 1. The summed E-state index contributed by atoms with van der Waals surface area (Å²) in [5, 5.41) is 0. The van der Waals surface area contributed by atoms with Crippen LogP contribution in [0.15, 0.2) is 52.4 Å². The van der Waals surface area contributed by atoms with Crippen LogP contribution >= 0.6 is 11.8 Å². The van der Waals surface area contributed by atoms with Gasteiger partial charge in [0, 0.05) is 22.1 Å². The summed E-state index contributed by atoms with van der Waals surface area (Å²) < 4.78 is 13.0. The van der Waals surface area contributed by atoms with Crippen molar-refractivity contribution in [2.75, 3.05) is 0 Å². The summed E-state index contributed by atoms with van der Waals surface area (Å²) in [6.45, 7) is 6.56. The molecule has 3 heteroatoms. The van der Waals surface area contributed by atoms with Crippen molar-refractivity contribution in [3.63, 3.8) is 0 Å². The number of halogens is 1. The highest BCUT2D eigenvalue weighted by Crippen LogP contribution is 2.30. The molecule has 0 aliphatic heterocycles. The summed E-state index contributed by atoms with van der Waals surface area (Å²) in [4.78, 5) is 5.52. The van der Waals surface area contributed by atoms with Gasteiger partial charge in [-0.3, -0.25) is 0 Å². The Hall–Kier alpha value is -1.35. The van der Waals surface area contributed by atoms with Gasteiger partial charge in [-0.15, -0.1) is 0 Å². The Kier molecular flexibility index (Phi) is 3.71. The lowest BCUT2D eigenvalue weighted by Crippen LogP contribution is -2.10. The van der Waals surface area contributed by atoms with E-state index in [1.165, 1.54) is 17.8 Å². The van der Waals surface area contributed by atoms with Gasteiger partial charge in [-0.2, -0.15) is 4.39 Å². The van der Waals surface area contributed by atoms with Crippen molar-refractivity contribution in [3.8, 4) is 0 Å². The Morgan fingerprint density at radius 2 is 1.67 bits per heavy atom. The molecule has 1 aromatic carbocycles. The van der Waals surface area contributed by atoms with E-state index in [1.54, 1.807) is 11.8 Å². The van der Waals surface area contributed by atoms with Gasteiger partial charge < -0.3 is 0 Å². The van der Waals surface area contributed by atoms with Gasteiger partial charge in [0.05, 0.1) is 0 Å². The van der Waals surface area contributed by atoms with Crippen molar-refractivity contribution >= 4 is 11.8 Å². The maximum Gasteiger partial charge on any atom is 0.213 e. The first-order valence-electron chi connectivity index (χ1n) is 5.85. The van der Waals surface area contributed by atoms with E-state index in [0.29, 0.717) is 0 Å². The van der Waals surface area contributed by atoms with E-state index in [2.05, 4.69) is 50.0 Å². The third-order valence-electron chi connectivity index (χ3n) is 2.65. The summed E-state index contributed by atoms with van der Waals surface area (Å²) in [6, 6.07) is 11.7. The predicted molar refractivity (Wildman–Crippen MR) is 73.5 cm³/mol. The average molecular weight is 261 g/mol. The average Bonchev–Trinajstić information content (AvgIpc) is 2.28. The molecule has 0 N–H and O–H groups in total. The fraction of sp³-hybridized carbons (Fsp3) is 0.267. The Labute approximate surface area is 111 Å². The highest BCUT2D eigenvalue weighted by atomic mass is 32.2. The molecule has 0 radical (unpaired) electrons. The molecule has 1 nitrogen and oxygen atoms in total. The molecule has 18 heavy (non-hydrogen) atoms. The van der Waals surface area contributed by atoms with Crippen molar-refractivity contribution in [2.45, 2.75) is 36.0 Å². The van der Waals surface area contributed by atoms with Gasteiger partial charge >= 0.3 is 0 Å². The van der Waals surface area contributed by atoms with E-state index in [9.17, 15) is 4.39 Å². The molecule has 0 atom stereocenters. The van der Waals surface area contributed by atoms with E-state index >= 15 is 0 Å². The third-order valence-corrected chi connectivity index (χ3v) is 3.65. The lowest BCUT2D eigenvalue weighted by atomic mass is 9.87. The Bertz CT molecular complexity index is 529. The molecular weight excluding hydrogens is 245 g/mol. The number of hydrogen-bond donors (Lipinski definition) is 0. The van der Waals surface area contributed by atoms with Gasteiger partial charge in [0.1, 0.15) is 0 Å². The van der Waals surface area contributed by atoms with E-state index < -0.39 is 5.95 Å². The van der Waals surface area contributed by atoms with Crippen LogP contribution < -0.4 is 0 Å². The molecular formula is C15H16FNS. The van der Waals surface area contributed by atoms with Crippen molar-refractivity contribution in [2.24, 2.45) is 0 Å². The Balaban J connectivity index is 2.16. The van der Waals surface area contributed by atoms with Crippen molar-refractivity contribution in [3.05, 3.63) is 54.1 Å². The van der Waals surface area contributed by atoms with E-state index in [1.807, 2.05) is 6.07 Å². The molecule has 0 aliphatic rings. The maximum absolute atomic E-state index is 13.0. The molecule has 1 heterocycles.